The summed E-state index contributed by atoms with van der Waals surface area (Å²) in [5.74, 6) is 0.0294. The van der Waals surface area contributed by atoms with Crippen molar-refractivity contribution in [3.05, 3.63) is 41.7 Å². The van der Waals surface area contributed by atoms with Crippen molar-refractivity contribution in [2.24, 2.45) is 5.41 Å². The van der Waals surface area contributed by atoms with Crippen molar-refractivity contribution in [3.63, 3.8) is 0 Å². The predicted molar refractivity (Wildman–Crippen MR) is 109 cm³/mol. The molecule has 7 nitrogen and oxygen atoms in total. The maximum absolute atomic E-state index is 13.2. The molecular weight excluding hydrogens is 370 g/mol. The Balaban J connectivity index is 1.58. The van der Waals surface area contributed by atoms with Crippen molar-refractivity contribution in [1.82, 2.24) is 14.7 Å². The van der Waals surface area contributed by atoms with Crippen molar-refractivity contribution in [1.29, 1.82) is 0 Å². The van der Waals surface area contributed by atoms with Crippen LogP contribution in [-0.2, 0) is 9.47 Å². The van der Waals surface area contributed by atoms with Crippen molar-refractivity contribution >= 4 is 5.91 Å². The summed E-state index contributed by atoms with van der Waals surface area (Å²) >= 11 is 0. The normalized spacial score (nSPS) is 19.5. The molecule has 2 aliphatic heterocycles. The third kappa shape index (κ3) is 4.16. The number of carbonyl (C=O) groups excluding carboxylic acids is 1. The van der Waals surface area contributed by atoms with Gasteiger partial charge in [0.1, 0.15) is 0 Å². The van der Waals surface area contributed by atoms with Crippen molar-refractivity contribution in [3.8, 4) is 11.4 Å². The minimum Gasteiger partial charge on any atom is -0.504 e. The highest BCUT2D eigenvalue weighted by molar-refractivity contribution is 5.95. The molecule has 1 amide bonds. The third-order valence-electron chi connectivity index (χ3n) is 5.98. The molecule has 0 atom stereocenters. The van der Waals surface area contributed by atoms with Crippen LogP contribution in [0, 0.1) is 5.41 Å². The lowest BCUT2D eigenvalue weighted by Gasteiger charge is -2.38. The van der Waals surface area contributed by atoms with E-state index in [0.29, 0.717) is 45.4 Å². The Hall–Kier alpha value is -2.38. The van der Waals surface area contributed by atoms with Gasteiger partial charge < -0.3 is 19.5 Å². The van der Waals surface area contributed by atoms with Gasteiger partial charge in [0, 0.05) is 31.7 Å². The third-order valence-corrected chi connectivity index (χ3v) is 5.98. The Kier molecular flexibility index (Phi) is 5.61. The first-order valence-electron chi connectivity index (χ1n) is 10.3. The van der Waals surface area contributed by atoms with Gasteiger partial charge in [-0.15, -0.1) is 0 Å². The zero-order valence-corrected chi connectivity index (χ0v) is 17.1. The Morgan fingerprint density at radius 1 is 1.21 bits per heavy atom. The number of aromatic nitrogens is 2. The van der Waals surface area contributed by atoms with E-state index in [0.717, 1.165) is 18.5 Å². The first kappa shape index (κ1) is 19.9. The van der Waals surface area contributed by atoms with Gasteiger partial charge in [-0.05, 0) is 36.5 Å². The molecule has 2 aromatic rings. The summed E-state index contributed by atoms with van der Waals surface area (Å²) in [6.45, 7) is 7.87. The molecular formula is C22H29N3O4. The lowest BCUT2D eigenvalue weighted by molar-refractivity contribution is -0.0304. The van der Waals surface area contributed by atoms with Gasteiger partial charge in [-0.2, -0.15) is 5.10 Å². The molecule has 2 saturated heterocycles. The second-order valence-electron chi connectivity index (χ2n) is 8.45. The maximum atomic E-state index is 13.2. The molecule has 4 rings (SSSR count). The van der Waals surface area contributed by atoms with E-state index < -0.39 is 0 Å². The van der Waals surface area contributed by atoms with E-state index in [1.165, 1.54) is 11.8 Å². The van der Waals surface area contributed by atoms with Gasteiger partial charge in [-0.25, -0.2) is 4.68 Å². The summed E-state index contributed by atoms with van der Waals surface area (Å²) in [7, 11) is 0. The van der Waals surface area contributed by atoms with Gasteiger partial charge >= 0.3 is 0 Å². The summed E-state index contributed by atoms with van der Waals surface area (Å²) in [5.41, 5.74) is 2.01. The second-order valence-corrected chi connectivity index (χ2v) is 8.45. The molecule has 156 valence electrons. The maximum Gasteiger partial charge on any atom is 0.278 e. The van der Waals surface area contributed by atoms with Crippen LogP contribution in [0.4, 0.5) is 0 Å². The van der Waals surface area contributed by atoms with E-state index in [4.69, 9.17) is 9.47 Å². The summed E-state index contributed by atoms with van der Waals surface area (Å²) in [6.07, 6.45) is 3.25. The number of amides is 1. The molecule has 0 bridgehead atoms. The summed E-state index contributed by atoms with van der Waals surface area (Å²) in [4.78, 5) is 15.0. The SMILES string of the molecule is CC(C)c1cccc(-n2cc(O)c(C(=O)N3CCOCC4(CCOCC4)C3)n2)c1. The van der Waals surface area contributed by atoms with E-state index in [1.54, 1.807) is 9.58 Å². The number of benzene rings is 1. The number of ether oxygens (including phenoxy) is 2. The minimum atomic E-state index is -0.252. The Labute approximate surface area is 171 Å². The largest absolute Gasteiger partial charge is 0.504 e. The van der Waals surface area contributed by atoms with Gasteiger partial charge in [0.25, 0.3) is 5.91 Å². The van der Waals surface area contributed by atoms with Gasteiger partial charge in [0.05, 0.1) is 25.1 Å². The van der Waals surface area contributed by atoms with Crippen molar-refractivity contribution < 1.29 is 19.4 Å². The zero-order valence-electron chi connectivity index (χ0n) is 17.1. The smallest absolute Gasteiger partial charge is 0.278 e. The molecule has 0 unspecified atom stereocenters. The number of rotatable bonds is 3. The van der Waals surface area contributed by atoms with E-state index in [-0.39, 0.29) is 22.8 Å². The zero-order chi connectivity index (χ0) is 20.4. The summed E-state index contributed by atoms with van der Waals surface area (Å²) in [5, 5.41) is 14.9. The van der Waals surface area contributed by atoms with Crippen LogP contribution in [0.2, 0.25) is 0 Å². The molecule has 1 N–H and O–H groups in total. The minimum absolute atomic E-state index is 0.0752. The number of hydrogen-bond acceptors (Lipinski definition) is 5. The van der Waals surface area contributed by atoms with E-state index in [9.17, 15) is 9.90 Å². The van der Waals surface area contributed by atoms with Crippen molar-refractivity contribution in [2.75, 3.05) is 39.5 Å². The molecule has 0 saturated carbocycles. The fourth-order valence-electron chi connectivity index (χ4n) is 4.10. The van der Waals surface area contributed by atoms with Gasteiger partial charge in [-0.1, -0.05) is 26.0 Å². The van der Waals surface area contributed by atoms with Crippen LogP contribution in [0.25, 0.3) is 5.69 Å². The van der Waals surface area contributed by atoms with Crippen LogP contribution in [-0.4, -0.2) is 65.2 Å². The van der Waals surface area contributed by atoms with Crippen LogP contribution in [0.3, 0.4) is 0 Å². The predicted octanol–water partition coefficient (Wildman–Crippen LogP) is 2.97. The van der Waals surface area contributed by atoms with Crippen LogP contribution >= 0.6 is 0 Å². The molecule has 2 aliphatic rings. The molecule has 0 aliphatic carbocycles. The highest BCUT2D eigenvalue weighted by Crippen LogP contribution is 2.34. The second kappa shape index (κ2) is 8.16. The Morgan fingerprint density at radius 3 is 2.76 bits per heavy atom. The standard InChI is InChI=1S/C22H29N3O4/c1-16(2)17-4-3-5-18(12-17)25-13-19(26)20(23-25)21(27)24-8-11-29-15-22(14-24)6-9-28-10-7-22/h3-5,12-13,16,26H,6-11,14-15H2,1-2H3. The molecule has 3 heterocycles. The molecule has 1 aromatic carbocycles. The fourth-order valence-corrected chi connectivity index (χ4v) is 4.10. The van der Waals surface area contributed by atoms with Crippen LogP contribution in [0.1, 0.15) is 48.7 Å². The molecule has 29 heavy (non-hydrogen) atoms. The van der Waals surface area contributed by atoms with Crippen LogP contribution < -0.4 is 0 Å². The summed E-state index contributed by atoms with van der Waals surface area (Å²) in [6, 6.07) is 7.98. The van der Waals surface area contributed by atoms with Crippen molar-refractivity contribution in [2.45, 2.75) is 32.6 Å². The molecule has 2 fully saturated rings. The average Bonchev–Trinajstić information content (AvgIpc) is 3.00. The number of hydrogen-bond donors (Lipinski definition) is 1. The Bertz CT molecular complexity index is 871. The monoisotopic (exact) mass is 399 g/mol. The summed E-state index contributed by atoms with van der Waals surface area (Å²) < 4.78 is 12.9. The molecule has 0 radical (unpaired) electrons. The Morgan fingerprint density at radius 2 is 2.00 bits per heavy atom. The molecule has 1 spiro atoms. The van der Waals surface area contributed by atoms with Gasteiger partial charge in [0.15, 0.2) is 11.4 Å². The fraction of sp³-hybridized carbons (Fsp3) is 0.545. The van der Waals surface area contributed by atoms with Gasteiger partial charge in [0.2, 0.25) is 0 Å². The first-order valence-corrected chi connectivity index (χ1v) is 10.3. The lowest BCUT2D eigenvalue weighted by atomic mass is 9.80. The lowest BCUT2D eigenvalue weighted by Crippen LogP contribution is -2.44. The number of carbonyl (C=O) groups is 1. The van der Waals surface area contributed by atoms with E-state index >= 15 is 0 Å². The topological polar surface area (TPSA) is 76.8 Å². The van der Waals surface area contributed by atoms with Crippen LogP contribution in [0.15, 0.2) is 30.5 Å². The highest BCUT2D eigenvalue weighted by Gasteiger charge is 2.39. The molecule has 7 heteroatoms. The number of nitrogens with zero attached hydrogens (tertiary/aromatic N) is 3. The van der Waals surface area contributed by atoms with E-state index in [1.807, 2.05) is 18.2 Å². The first-order chi connectivity index (χ1) is 14.0. The van der Waals surface area contributed by atoms with E-state index in [2.05, 4.69) is 25.0 Å². The average molecular weight is 399 g/mol. The van der Waals surface area contributed by atoms with Crippen LogP contribution in [0.5, 0.6) is 5.75 Å². The molecule has 1 aromatic heterocycles. The quantitative estimate of drug-likeness (QED) is 0.859. The van der Waals surface area contributed by atoms with Gasteiger partial charge in [-0.3, -0.25) is 4.79 Å². The highest BCUT2D eigenvalue weighted by atomic mass is 16.5. The number of aromatic hydroxyl groups is 1.